The Kier molecular flexibility index (Phi) is 4.89. The van der Waals surface area contributed by atoms with Crippen molar-refractivity contribution < 1.29 is 14.7 Å². The number of carbonyl (C=O) groups is 2. The van der Waals surface area contributed by atoms with Gasteiger partial charge >= 0.3 is 12.0 Å². The van der Waals surface area contributed by atoms with Crippen molar-refractivity contribution in [2.24, 2.45) is 0 Å². The van der Waals surface area contributed by atoms with Crippen LogP contribution in [0, 0.1) is 6.92 Å². The molecule has 0 saturated carbocycles. The standard InChI is InChI=1S/C14H15N3O3S/c1-9-7-21-8-10(9)5-16-14(20)17-12-3-2-11(15-6-12)4-13(18)19/h2-3,6-8H,4-5H2,1H3,(H,18,19)(H2,16,17,20). The van der Waals surface area contributed by atoms with Gasteiger partial charge in [-0.05, 0) is 40.9 Å². The van der Waals surface area contributed by atoms with E-state index in [4.69, 9.17) is 5.11 Å². The molecule has 0 fully saturated rings. The molecule has 2 heterocycles. The number of nitrogens with one attached hydrogen (secondary N) is 2. The van der Waals surface area contributed by atoms with Crippen LogP contribution < -0.4 is 10.6 Å². The average Bonchev–Trinajstić information content (AvgIpc) is 2.84. The summed E-state index contributed by atoms with van der Waals surface area (Å²) in [5.41, 5.74) is 3.20. The number of aromatic nitrogens is 1. The highest BCUT2D eigenvalue weighted by molar-refractivity contribution is 7.08. The first-order valence-corrected chi connectivity index (χ1v) is 7.22. The predicted octanol–water partition coefficient (Wildman–Crippen LogP) is 2.40. The van der Waals surface area contributed by atoms with E-state index in [1.165, 1.54) is 6.20 Å². The lowest BCUT2D eigenvalue weighted by Gasteiger charge is -2.07. The highest BCUT2D eigenvalue weighted by Gasteiger charge is 2.05. The van der Waals surface area contributed by atoms with E-state index in [0.29, 0.717) is 17.9 Å². The number of rotatable bonds is 5. The molecule has 0 unspecified atom stereocenters. The molecular formula is C14H15N3O3S. The van der Waals surface area contributed by atoms with Crippen molar-refractivity contribution >= 4 is 29.0 Å². The number of aryl methyl sites for hydroxylation is 1. The van der Waals surface area contributed by atoms with Crippen molar-refractivity contribution in [2.75, 3.05) is 5.32 Å². The second-order valence-electron chi connectivity index (χ2n) is 4.50. The van der Waals surface area contributed by atoms with Crippen molar-refractivity contribution in [2.45, 2.75) is 19.9 Å². The summed E-state index contributed by atoms with van der Waals surface area (Å²) in [5.74, 6) is -0.938. The Morgan fingerprint density at radius 2 is 2.14 bits per heavy atom. The summed E-state index contributed by atoms with van der Waals surface area (Å²) in [6.45, 7) is 2.46. The van der Waals surface area contributed by atoms with Crippen LogP contribution in [-0.2, 0) is 17.8 Å². The topological polar surface area (TPSA) is 91.3 Å². The van der Waals surface area contributed by atoms with Crippen molar-refractivity contribution in [3.8, 4) is 0 Å². The van der Waals surface area contributed by atoms with E-state index in [9.17, 15) is 9.59 Å². The molecule has 0 bridgehead atoms. The number of pyridine rings is 1. The number of anilines is 1. The summed E-state index contributed by atoms with van der Waals surface area (Å²) in [6.07, 6.45) is 1.30. The maximum atomic E-state index is 11.7. The predicted molar refractivity (Wildman–Crippen MR) is 80.5 cm³/mol. The molecule has 6 nitrogen and oxygen atoms in total. The van der Waals surface area contributed by atoms with E-state index in [1.54, 1.807) is 23.5 Å². The first-order chi connectivity index (χ1) is 10.0. The fraction of sp³-hybridized carbons (Fsp3) is 0.214. The van der Waals surface area contributed by atoms with Crippen LogP contribution in [0.15, 0.2) is 29.1 Å². The van der Waals surface area contributed by atoms with Crippen LogP contribution in [0.4, 0.5) is 10.5 Å². The monoisotopic (exact) mass is 305 g/mol. The van der Waals surface area contributed by atoms with Gasteiger partial charge in [-0.1, -0.05) is 0 Å². The molecule has 2 aromatic rings. The molecule has 0 saturated heterocycles. The normalized spacial score (nSPS) is 10.1. The van der Waals surface area contributed by atoms with Crippen LogP contribution in [-0.4, -0.2) is 22.1 Å². The zero-order chi connectivity index (χ0) is 15.2. The molecule has 7 heteroatoms. The lowest BCUT2D eigenvalue weighted by atomic mass is 10.2. The molecule has 0 aliphatic rings. The third-order valence-electron chi connectivity index (χ3n) is 2.82. The molecule has 21 heavy (non-hydrogen) atoms. The van der Waals surface area contributed by atoms with Crippen LogP contribution in [0.3, 0.4) is 0 Å². The van der Waals surface area contributed by atoms with Crippen molar-refractivity contribution in [1.82, 2.24) is 10.3 Å². The highest BCUT2D eigenvalue weighted by Crippen LogP contribution is 2.13. The summed E-state index contributed by atoms with van der Waals surface area (Å²) >= 11 is 1.60. The smallest absolute Gasteiger partial charge is 0.319 e. The van der Waals surface area contributed by atoms with Crippen molar-refractivity contribution in [3.05, 3.63) is 45.9 Å². The van der Waals surface area contributed by atoms with Crippen LogP contribution in [0.25, 0.3) is 0 Å². The van der Waals surface area contributed by atoms with Gasteiger partial charge in [-0.25, -0.2) is 4.79 Å². The maximum absolute atomic E-state index is 11.7. The van der Waals surface area contributed by atoms with E-state index in [-0.39, 0.29) is 12.5 Å². The SMILES string of the molecule is Cc1cscc1CNC(=O)Nc1ccc(CC(=O)O)nc1. The minimum absolute atomic E-state index is 0.135. The van der Waals surface area contributed by atoms with Crippen LogP contribution in [0.5, 0.6) is 0 Å². The average molecular weight is 305 g/mol. The van der Waals surface area contributed by atoms with E-state index in [0.717, 1.165) is 11.1 Å². The number of carbonyl (C=O) groups excluding carboxylic acids is 1. The fourth-order valence-electron chi connectivity index (χ4n) is 1.68. The minimum Gasteiger partial charge on any atom is -0.481 e. The fourth-order valence-corrected chi connectivity index (χ4v) is 2.53. The first-order valence-electron chi connectivity index (χ1n) is 6.28. The van der Waals surface area contributed by atoms with Crippen molar-refractivity contribution in [3.63, 3.8) is 0 Å². The zero-order valence-corrected chi connectivity index (χ0v) is 12.2. The van der Waals surface area contributed by atoms with Gasteiger partial charge < -0.3 is 15.7 Å². The number of amides is 2. The number of urea groups is 1. The Morgan fingerprint density at radius 3 is 2.71 bits per heavy atom. The molecular weight excluding hydrogens is 290 g/mol. The van der Waals surface area contributed by atoms with Gasteiger partial charge in [-0.15, -0.1) is 0 Å². The number of nitrogens with zero attached hydrogens (tertiary/aromatic N) is 1. The number of aliphatic carboxylic acids is 1. The van der Waals surface area contributed by atoms with Gasteiger partial charge in [0.2, 0.25) is 0 Å². The first kappa shape index (κ1) is 15.0. The molecule has 0 radical (unpaired) electrons. The largest absolute Gasteiger partial charge is 0.481 e. The third kappa shape index (κ3) is 4.57. The van der Waals surface area contributed by atoms with E-state index in [2.05, 4.69) is 15.6 Å². The van der Waals surface area contributed by atoms with E-state index < -0.39 is 5.97 Å². The van der Waals surface area contributed by atoms with Gasteiger partial charge in [-0.3, -0.25) is 9.78 Å². The number of carboxylic acid groups (broad SMARTS) is 1. The second kappa shape index (κ2) is 6.85. The Hall–Kier alpha value is -2.41. The third-order valence-corrected chi connectivity index (χ3v) is 3.73. The lowest BCUT2D eigenvalue weighted by Crippen LogP contribution is -2.28. The second-order valence-corrected chi connectivity index (χ2v) is 5.24. The summed E-state index contributed by atoms with van der Waals surface area (Å²) in [4.78, 5) is 26.3. The Labute approximate surface area is 125 Å². The molecule has 0 aromatic carbocycles. The number of thiophene rings is 1. The van der Waals surface area contributed by atoms with Gasteiger partial charge in [0.25, 0.3) is 0 Å². The molecule has 0 atom stereocenters. The van der Waals surface area contributed by atoms with Gasteiger partial charge in [0.1, 0.15) is 0 Å². The molecule has 0 aliphatic carbocycles. The molecule has 0 aliphatic heterocycles. The summed E-state index contributed by atoms with van der Waals surface area (Å²) in [5, 5.41) is 18.1. The van der Waals surface area contributed by atoms with Crippen LogP contribution >= 0.6 is 11.3 Å². The number of carboxylic acids is 1. The molecule has 2 aromatic heterocycles. The highest BCUT2D eigenvalue weighted by atomic mass is 32.1. The van der Waals surface area contributed by atoms with Crippen LogP contribution in [0.1, 0.15) is 16.8 Å². The maximum Gasteiger partial charge on any atom is 0.319 e. The van der Waals surface area contributed by atoms with Crippen molar-refractivity contribution in [1.29, 1.82) is 0 Å². The Morgan fingerprint density at radius 1 is 1.33 bits per heavy atom. The molecule has 3 N–H and O–H groups in total. The van der Waals surface area contributed by atoms with Crippen LogP contribution in [0.2, 0.25) is 0 Å². The number of hydrogen-bond acceptors (Lipinski definition) is 4. The molecule has 0 spiro atoms. The summed E-state index contributed by atoms with van der Waals surface area (Å²) in [7, 11) is 0. The molecule has 2 amide bonds. The summed E-state index contributed by atoms with van der Waals surface area (Å²) < 4.78 is 0. The summed E-state index contributed by atoms with van der Waals surface area (Å²) in [6, 6.07) is 2.88. The molecule has 110 valence electrons. The Balaban J connectivity index is 1.85. The minimum atomic E-state index is -0.938. The van der Waals surface area contributed by atoms with Gasteiger partial charge in [0.05, 0.1) is 24.0 Å². The van der Waals surface area contributed by atoms with E-state index in [1.807, 2.05) is 17.7 Å². The quantitative estimate of drug-likeness (QED) is 0.791. The lowest BCUT2D eigenvalue weighted by molar-refractivity contribution is -0.136. The molecule has 2 rings (SSSR count). The van der Waals surface area contributed by atoms with Gasteiger partial charge in [-0.2, -0.15) is 11.3 Å². The van der Waals surface area contributed by atoms with E-state index >= 15 is 0 Å². The van der Waals surface area contributed by atoms with Gasteiger partial charge in [0.15, 0.2) is 0 Å². The number of hydrogen-bond donors (Lipinski definition) is 3. The zero-order valence-electron chi connectivity index (χ0n) is 11.4. The Bertz CT molecular complexity index is 637. The van der Waals surface area contributed by atoms with Gasteiger partial charge in [0, 0.05) is 6.54 Å².